The van der Waals surface area contributed by atoms with Crippen molar-refractivity contribution in [2.24, 2.45) is 10.9 Å². The number of ether oxygens (including phenoxy) is 1. The first-order valence-corrected chi connectivity index (χ1v) is 7.59. The third-order valence-electron chi connectivity index (χ3n) is 3.52. The molecule has 0 radical (unpaired) electrons. The average molecular weight is 342 g/mol. The first kappa shape index (κ1) is 15.1. The molecule has 110 valence electrons. The Bertz CT molecular complexity index is 487. The first-order chi connectivity index (χ1) is 9.65. The van der Waals surface area contributed by atoms with Crippen LogP contribution in [0.4, 0.5) is 5.69 Å². The van der Waals surface area contributed by atoms with Crippen LogP contribution in [0.25, 0.3) is 0 Å². The van der Waals surface area contributed by atoms with Crippen molar-refractivity contribution >= 4 is 27.5 Å². The van der Waals surface area contributed by atoms with Gasteiger partial charge in [-0.1, -0.05) is 5.16 Å². The summed E-state index contributed by atoms with van der Waals surface area (Å²) in [5.74, 6) is 0.111. The second-order valence-corrected chi connectivity index (χ2v) is 5.68. The fourth-order valence-corrected chi connectivity index (χ4v) is 3.04. The van der Waals surface area contributed by atoms with Crippen LogP contribution in [0.15, 0.2) is 27.8 Å². The third-order valence-corrected chi connectivity index (χ3v) is 4.16. The van der Waals surface area contributed by atoms with Gasteiger partial charge in [-0.2, -0.15) is 0 Å². The molecule has 0 spiro atoms. The molecule has 1 unspecified atom stereocenters. The van der Waals surface area contributed by atoms with Gasteiger partial charge in [-0.05, 0) is 53.9 Å². The van der Waals surface area contributed by atoms with Crippen LogP contribution in [0.3, 0.4) is 0 Å². The number of nitrogens with two attached hydrogens (primary N) is 1. The quantitative estimate of drug-likeness (QED) is 0.373. The van der Waals surface area contributed by atoms with Crippen LogP contribution in [-0.4, -0.2) is 36.8 Å². The van der Waals surface area contributed by atoms with E-state index in [0.29, 0.717) is 11.7 Å². The number of oxime groups is 1. The van der Waals surface area contributed by atoms with E-state index in [4.69, 9.17) is 15.7 Å². The summed E-state index contributed by atoms with van der Waals surface area (Å²) >= 11 is 3.56. The van der Waals surface area contributed by atoms with Crippen molar-refractivity contribution in [2.45, 2.75) is 25.9 Å². The normalized spacial score (nSPS) is 19.3. The fourth-order valence-electron chi connectivity index (χ4n) is 2.41. The maximum atomic E-state index is 8.71. The SMILES string of the molecule is CCN(CC1CCCO1)c1ccc(/C(N)=N/O)cc1Br. The van der Waals surface area contributed by atoms with Gasteiger partial charge >= 0.3 is 0 Å². The smallest absolute Gasteiger partial charge is 0.170 e. The van der Waals surface area contributed by atoms with Crippen molar-refractivity contribution < 1.29 is 9.94 Å². The van der Waals surface area contributed by atoms with Crippen molar-refractivity contribution in [3.8, 4) is 0 Å². The topological polar surface area (TPSA) is 71.1 Å². The summed E-state index contributed by atoms with van der Waals surface area (Å²) in [6.07, 6.45) is 2.58. The highest BCUT2D eigenvalue weighted by Gasteiger charge is 2.20. The molecule has 20 heavy (non-hydrogen) atoms. The van der Waals surface area contributed by atoms with Crippen molar-refractivity contribution in [3.05, 3.63) is 28.2 Å². The number of halogens is 1. The van der Waals surface area contributed by atoms with Crippen molar-refractivity contribution in [1.29, 1.82) is 0 Å². The zero-order valence-electron chi connectivity index (χ0n) is 11.6. The van der Waals surface area contributed by atoms with Crippen molar-refractivity contribution in [2.75, 3.05) is 24.6 Å². The Morgan fingerprint density at radius 2 is 2.40 bits per heavy atom. The molecular weight excluding hydrogens is 322 g/mol. The number of benzene rings is 1. The number of likely N-dealkylation sites (N-methyl/N-ethyl adjacent to an activating group) is 1. The predicted molar refractivity (Wildman–Crippen MR) is 83.5 cm³/mol. The predicted octanol–water partition coefficient (Wildman–Crippen LogP) is 2.55. The summed E-state index contributed by atoms with van der Waals surface area (Å²) in [7, 11) is 0. The Kier molecular flexibility index (Phi) is 5.25. The van der Waals surface area contributed by atoms with Gasteiger partial charge in [-0.25, -0.2) is 0 Å². The van der Waals surface area contributed by atoms with Gasteiger partial charge in [0.2, 0.25) is 0 Å². The van der Waals surface area contributed by atoms with Crippen molar-refractivity contribution in [3.63, 3.8) is 0 Å². The molecule has 1 heterocycles. The standard InChI is InChI=1S/C14H20BrN3O2/c1-2-18(9-11-4-3-7-20-11)13-6-5-10(8-12(13)15)14(16)17-19/h5-6,8,11,19H,2-4,7,9H2,1H3,(H2,16,17). The monoisotopic (exact) mass is 341 g/mol. The number of hydrogen-bond acceptors (Lipinski definition) is 4. The van der Waals surface area contributed by atoms with E-state index in [2.05, 4.69) is 32.9 Å². The largest absolute Gasteiger partial charge is 0.409 e. The van der Waals surface area contributed by atoms with Gasteiger partial charge in [-0.15, -0.1) is 0 Å². The van der Waals surface area contributed by atoms with Gasteiger partial charge < -0.3 is 20.6 Å². The Balaban J connectivity index is 2.16. The zero-order valence-corrected chi connectivity index (χ0v) is 13.1. The molecule has 2 rings (SSSR count). The lowest BCUT2D eigenvalue weighted by molar-refractivity contribution is 0.115. The number of amidine groups is 1. The minimum atomic E-state index is 0.111. The molecule has 1 aromatic rings. The van der Waals surface area contributed by atoms with E-state index < -0.39 is 0 Å². The van der Waals surface area contributed by atoms with E-state index >= 15 is 0 Å². The molecule has 1 aliphatic heterocycles. The summed E-state index contributed by atoms with van der Waals surface area (Å²) in [5, 5.41) is 11.7. The first-order valence-electron chi connectivity index (χ1n) is 6.79. The summed E-state index contributed by atoms with van der Waals surface area (Å²) in [6, 6.07) is 5.70. The molecule has 1 atom stereocenters. The van der Waals surface area contributed by atoms with Gasteiger partial charge in [0.25, 0.3) is 0 Å². The Morgan fingerprint density at radius 3 is 2.95 bits per heavy atom. The van der Waals surface area contributed by atoms with E-state index in [0.717, 1.165) is 42.7 Å². The van der Waals surface area contributed by atoms with E-state index in [-0.39, 0.29) is 5.84 Å². The molecule has 1 fully saturated rings. The zero-order chi connectivity index (χ0) is 14.5. The van der Waals surface area contributed by atoms with Crippen LogP contribution in [0.2, 0.25) is 0 Å². The lowest BCUT2D eigenvalue weighted by Gasteiger charge is -2.27. The molecule has 1 aliphatic rings. The third kappa shape index (κ3) is 3.43. The molecule has 3 N–H and O–H groups in total. The number of anilines is 1. The maximum absolute atomic E-state index is 8.71. The fraction of sp³-hybridized carbons (Fsp3) is 0.500. The van der Waals surface area contributed by atoms with Gasteiger partial charge in [0.05, 0.1) is 11.8 Å². The molecular formula is C14H20BrN3O2. The highest BCUT2D eigenvalue weighted by molar-refractivity contribution is 9.10. The lowest BCUT2D eigenvalue weighted by atomic mass is 10.1. The Hall–Kier alpha value is -1.27. The van der Waals surface area contributed by atoms with Crippen LogP contribution in [0.5, 0.6) is 0 Å². The Labute approximate surface area is 127 Å². The van der Waals surface area contributed by atoms with E-state index in [1.165, 1.54) is 0 Å². The molecule has 0 saturated carbocycles. The summed E-state index contributed by atoms with van der Waals surface area (Å²) in [5.41, 5.74) is 7.39. The van der Waals surface area contributed by atoms with E-state index in [9.17, 15) is 0 Å². The van der Waals surface area contributed by atoms with Crippen LogP contribution in [0.1, 0.15) is 25.3 Å². The minimum absolute atomic E-state index is 0.111. The number of hydrogen-bond donors (Lipinski definition) is 2. The van der Waals surface area contributed by atoms with Gasteiger partial charge in [0.15, 0.2) is 5.84 Å². The molecule has 1 aromatic carbocycles. The molecule has 0 amide bonds. The minimum Gasteiger partial charge on any atom is -0.409 e. The van der Waals surface area contributed by atoms with Crippen LogP contribution in [-0.2, 0) is 4.74 Å². The van der Waals surface area contributed by atoms with Crippen LogP contribution >= 0.6 is 15.9 Å². The molecule has 0 bridgehead atoms. The Morgan fingerprint density at radius 1 is 1.60 bits per heavy atom. The van der Waals surface area contributed by atoms with Gasteiger partial charge in [0.1, 0.15) is 0 Å². The summed E-state index contributed by atoms with van der Waals surface area (Å²) < 4.78 is 6.63. The second-order valence-electron chi connectivity index (χ2n) is 4.83. The maximum Gasteiger partial charge on any atom is 0.170 e. The molecule has 0 aliphatic carbocycles. The van der Waals surface area contributed by atoms with Gasteiger partial charge in [-0.3, -0.25) is 0 Å². The van der Waals surface area contributed by atoms with Crippen molar-refractivity contribution in [1.82, 2.24) is 0 Å². The van der Waals surface area contributed by atoms with Crippen LogP contribution in [0, 0.1) is 0 Å². The lowest BCUT2D eigenvalue weighted by Crippen LogP contribution is -2.32. The second kappa shape index (κ2) is 6.95. The summed E-state index contributed by atoms with van der Waals surface area (Å²) in [4.78, 5) is 2.27. The summed E-state index contributed by atoms with van der Waals surface area (Å²) in [6.45, 7) is 4.78. The van der Waals surface area contributed by atoms with Crippen LogP contribution < -0.4 is 10.6 Å². The number of rotatable bonds is 5. The van der Waals surface area contributed by atoms with E-state index in [1.807, 2.05) is 18.2 Å². The molecule has 5 nitrogen and oxygen atoms in total. The molecule has 1 saturated heterocycles. The average Bonchev–Trinajstić information content (AvgIpc) is 2.97. The molecule has 6 heteroatoms. The number of nitrogens with zero attached hydrogens (tertiary/aromatic N) is 2. The van der Waals surface area contributed by atoms with E-state index in [1.54, 1.807) is 0 Å². The molecule has 0 aromatic heterocycles. The van der Waals surface area contributed by atoms with Gasteiger partial charge in [0, 0.05) is 29.7 Å². The highest BCUT2D eigenvalue weighted by Crippen LogP contribution is 2.28. The highest BCUT2D eigenvalue weighted by atomic mass is 79.9.